The number of rotatable bonds is 4. The molecule has 1 aromatic carbocycles. The van der Waals surface area contributed by atoms with Crippen molar-refractivity contribution in [3.63, 3.8) is 0 Å². The van der Waals surface area contributed by atoms with Gasteiger partial charge in [-0.25, -0.2) is 0 Å². The van der Waals surface area contributed by atoms with E-state index in [4.69, 9.17) is 9.47 Å². The molecule has 3 rings (SSSR count). The van der Waals surface area contributed by atoms with E-state index < -0.39 is 0 Å². The van der Waals surface area contributed by atoms with Crippen LogP contribution in [0, 0.1) is 12.3 Å². The van der Waals surface area contributed by atoms with Gasteiger partial charge in [0.15, 0.2) is 6.61 Å². The van der Waals surface area contributed by atoms with Gasteiger partial charge in [-0.1, -0.05) is 40.3 Å². The molecule has 0 aromatic heterocycles. The summed E-state index contributed by atoms with van der Waals surface area (Å²) in [5.74, 6) is 0.844. The van der Waals surface area contributed by atoms with Gasteiger partial charge in [-0.2, -0.15) is 0 Å². The number of nitrogens with zero attached hydrogens (tertiary/aromatic N) is 1. The van der Waals surface area contributed by atoms with Gasteiger partial charge in [-0.3, -0.25) is 4.79 Å². The van der Waals surface area contributed by atoms with Crippen molar-refractivity contribution in [3.05, 3.63) is 29.8 Å². The quantitative estimate of drug-likeness (QED) is 0.545. The number of aryl methyl sites for hydroxylation is 1. The summed E-state index contributed by atoms with van der Waals surface area (Å²) in [4.78, 5) is 14.3. The zero-order valence-corrected chi connectivity index (χ0v) is 15.8. The van der Waals surface area contributed by atoms with E-state index in [1.54, 1.807) is 0 Å². The van der Waals surface area contributed by atoms with Gasteiger partial charge in [0.05, 0.1) is 12.7 Å². The average Bonchev–Trinajstić information content (AvgIpc) is 2.98. The zero-order valence-electron chi connectivity index (χ0n) is 13.6. The van der Waals surface area contributed by atoms with Crippen molar-refractivity contribution in [3.8, 4) is 5.75 Å². The molecule has 1 amide bonds. The summed E-state index contributed by atoms with van der Waals surface area (Å²) in [5.41, 5.74) is 1.50. The normalized spacial score (nSPS) is 23.2. The predicted molar refractivity (Wildman–Crippen MR) is 98.2 cm³/mol. The first-order chi connectivity index (χ1) is 11.1. The number of halogens is 1. The first-order valence-corrected chi connectivity index (χ1v) is 9.78. The van der Waals surface area contributed by atoms with E-state index in [9.17, 15) is 4.79 Å². The van der Waals surface area contributed by atoms with E-state index >= 15 is 0 Å². The second-order valence-electron chi connectivity index (χ2n) is 6.77. The molecule has 0 bridgehead atoms. The van der Waals surface area contributed by atoms with Gasteiger partial charge in [0.1, 0.15) is 5.75 Å². The molecule has 1 unspecified atom stereocenters. The molecule has 2 heterocycles. The lowest BCUT2D eigenvalue weighted by Gasteiger charge is -2.38. The first-order valence-electron chi connectivity index (χ1n) is 8.25. The molecule has 5 heteroatoms. The lowest BCUT2D eigenvalue weighted by atomic mass is 9.77. The highest BCUT2D eigenvalue weighted by Gasteiger charge is 2.42. The number of hydrogen-bond acceptors (Lipinski definition) is 3. The number of ether oxygens (including phenoxy) is 2. The van der Waals surface area contributed by atoms with E-state index in [1.165, 1.54) is 5.56 Å². The molecule has 1 aromatic rings. The molecule has 1 atom stereocenters. The van der Waals surface area contributed by atoms with Crippen LogP contribution < -0.4 is 4.74 Å². The van der Waals surface area contributed by atoms with Gasteiger partial charge < -0.3 is 14.4 Å². The van der Waals surface area contributed by atoms with Crippen molar-refractivity contribution >= 4 is 28.5 Å². The van der Waals surface area contributed by atoms with E-state index in [0.29, 0.717) is 11.5 Å². The van der Waals surface area contributed by atoms with Crippen molar-refractivity contribution < 1.29 is 14.3 Å². The maximum Gasteiger partial charge on any atom is 0.260 e. The van der Waals surface area contributed by atoms with Crippen LogP contribution in [0.15, 0.2) is 24.3 Å². The number of alkyl halides is 1. The number of carbonyl (C=O) groups excluding carboxylic acids is 1. The molecule has 126 valence electrons. The van der Waals surface area contributed by atoms with Crippen LogP contribution in [0.2, 0.25) is 0 Å². The third kappa shape index (κ3) is 4.18. The highest BCUT2D eigenvalue weighted by Crippen LogP contribution is 2.42. The van der Waals surface area contributed by atoms with Crippen LogP contribution in [-0.2, 0) is 9.53 Å². The monoisotopic (exact) mass is 429 g/mol. The minimum Gasteiger partial charge on any atom is -0.484 e. The summed E-state index contributed by atoms with van der Waals surface area (Å²) < 4.78 is 12.5. The summed E-state index contributed by atoms with van der Waals surface area (Å²) in [7, 11) is 0. The highest BCUT2D eigenvalue weighted by molar-refractivity contribution is 14.1. The number of amides is 1. The Kier molecular flexibility index (Phi) is 5.46. The average molecular weight is 429 g/mol. The standard InChI is InChI=1S/C18H24INO3/c1-14-2-4-15(5-3-14)22-12-17(21)20-8-6-18(7-9-20)10-16(11-19)23-13-18/h2-5,16H,6-13H2,1H3. The van der Waals surface area contributed by atoms with Crippen LogP contribution in [0.5, 0.6) is 5.75 Å². The van der Waals surface area contributed by atoms with Crippen molar-refractivity contribution in [1.82, 2.24) is 4.90 Å². The molecule has 0 saturated carbocycles. The molecule has 0 aliphatic carbocycles. The molecule has 4 nitrogen and oxygen atoms in total. The van der Waals surface area contributed by atoms with Crippen LogP contribution in [0.3, 0.4) is 0 Å². The molecule has 0 radical (unpaired) electrons. The Hall–Kier alpha value is -0.820. The summed E-state index contributed by atoms with van der Waals surface area (Å²) in [6.07, 6.45) is 3.66. The molecule has 2 fully saturated rings. The Morgan fingerprint density at radius 1 is 1.35 bits per heavy atom. The smallest absolute Gasteiger partial charge is 0.260 e. The van der Waals surface area contributed by atoms with E-state index in [1.807, 2.05) is 36.1 Å². The molecule has 2 saturated heterocycles. The predicted octanol–water partition coefficient (Wildman–Crippen LogP) is 3.21. The maximum atomic E-state index is 12.3. The number of benzene rings is 1. The van der Waals surface area contributed by atoms with Crippen LogP contribution in [0.1, 0.15) is 24.8 Å². The Balaban J connectivity index is 1.46. The van der Waals surface area contributed by atoms with E-state index in [-0.39, 0.29) is 12.5 Å². The minimum absolute atomic E-state index is 0.0878. The van der Waals surface area contributed by atoms with Gasteiger partial charge in [0.2, 0.25) is 0 Å². The summed E-state index contributed by atoms with van der Waals surface area (Å²) in [6.45, 7) is 4.68. The summed E-state index contributed by atoms with van der Waals surface area (Å²) in [6, 6.07) is 7.81. The fraction of sp³-hybridized carbons (Fsp3) is 0.611. The van der Waals surface area contributed by atoms with Crippen molar-refractivity contribution in [2.75, 3.05) is 30.7 Å². The number of hydrogen-bond donors (Lipinski definition) is 0. The van der Waals surface area contributed by atoms with Crippen LogP contribution in [0.4, 0.5) is 0 Å². The third-order valence-electron chi connectivity index (χ3n) is 5.02. The topological polar surface area (TPSA) is 38.8 Å². The number of piperidine rings is 1. The lowest BCUT2D eigenvalue weighted by Crippen LogP contribution is -2.45. The molecular formula is C18H24INO3. The van der Waals surface area contributed by atoms with Crippen LogP contribution >= 0.6 is 22.6 Å². The molecule has 2 aliphatic rings. The number of likely N-dealkylation sites (tertiary alicyclic amines) is 1. The fourth-order valence-electron chi connectivity index (χ4n) is 3.44. The van der Waals surface area contributed by atoms with Crippen LogP contribution in [-0.4, -0.2) is 47.6 Å². The van der Waals surface area contributed by atoms with Crippen LogP contribution in [0.25, 0.3) is 0 Å². The third-order valence-corrected chi connectivity index (χ3v) is 6.00. The zero-order chi connectivity index (χ0) is 16.3. The highest BCUT2D eigenvalue weighted by atomic mass is 127. The lowest BCUT2D eigenvalue weighted by molar-refractivity contribution is -0.135. The second-order valence-corrected chi connectivity index (χ2v) is 7.65. The van der Waals surface area contributed by atoms with E-state index in [0.717, 1.165) is 49.1 Å². The second kappa shape index (κ2) is 7.38. The first kappa shape index (κ1) is 17.0. The molecule has 2 aliphatic heterocycles. The number of carbonyl (C=O) groups is 1. The SMILES string of the molecule is Cc1ccc(OCC(=O)N2CCC3(CC2)COC(CI)C3)cc1. The summed E-state index contributed by atoms with van der Waals surface area (Å²) in [5, 5.41) is 0. The molecule has 0 N–H and O–H groups in total. The molecular weight excluding hydrogens is 405 g/mol. The Bertz CT molecular complexity index is 538. The van der Waals surface area contributed by atoms with E-state index in [2.05, 4.69) is 22.6 Å². The van der Waals surface area contributed by atoms with Crippen molar-refractivity contribution in [1.29, 1.82) is 0 Å². The van der Waals surface area contributed by atoms with Gasteiger partial charge in [-0.05, 0) is 43.7 Å². The van der Waals surface area contributed by atoms with Gasteiger partial charge in [0.25, 0.3) is 5.91 Å². The fourth-order valence-corrected chi connectivity index (χ4v) is 4.01. The minimum atomic E-state index is 0.0878. The van der Waals surface area contributed by atoms with Crippen molar-refractivity contribution in [2.24, 2.45) is 5.41 Å². The van der Waals surface area contributed by atoms with Gasteiger partial charge in [0, 0.05) is 17.5 Å². The largest absolute Gasteiger partial charge is 0.484 e. The Morgan fingerprint density at radius 3 is 2.65 bits per heavy atom. The molecule has 23 heavy (non-hydrogen) atoms. The Morgan fingerprint density at radius 2 is 2.04 bits per heavy atom. The molecule has 1 spiro atoms. The van der Waals surface area contributed by atoms with Gasteiger partial charge >= 0.3 is 0 Å². The summed E-state index contributed by atoms with van der Waals surface area (Å²) >= 11 is 2.40. The van der Waals surface area contributed by atoms with Crippen molar-refractivity contribution in [2.45, 2.75) is 32.3 Å². The maximum absolute atomic E-state index is 12.3. The van der Waals surface area contributed by atoms with Gasteiger partial charge in [-0.15, -0.1) is 0 Å². The Labute approximate surface area is 151 Å².